The summed E-state index contributed by atoms with van der Waals surface area (Å²) in [4.78, 5) is 12.5. The number of carbonyl (C=O) groups is 1. The minimum Gasteiger partial charge on any atom is -0.352 e. The second-order valence-electron chi connectivity index (χ2n) is 6.38. The number of hydrogen-bond acceptors (Lipinski definition) is 3. The molecule has 1 N–H and O–H groups in total. The Labute approximate surface area is 170 Å². The summed E-state index contributed by atoms with van der Waals surface area (Å²) in [6.45, 7) is 3.94. The molecule has 0 aliphatic carbocycles. The van der Waals surface area contributed by atoms with Gasteiger partial charge in [-0.25, -0.2) is 8.42 Å². The molecule has 8 heteroatoms. The lowest BCUT2D eigenvalue weighted by molar-refractivity contribution is 0.0954. The fourth-order valence-electron chi connectivity index (χ4n) is 2.38. The first-order chi connectivity index (χ1) is 12.6. The normalized spacial score (nSPS) is 11.8. The van der Waals surface area contributed by atoms with Gasteiger partial charge in [-0.3, -0.25) is 4.79 Å². The maximum atomic E-state index is 12.6. The zero-order valence-electron chi connectivity index (χ0n) is 15.4. The van der Waals surface area contributed by atoms with Crippen LogP contribution in [0.3, 0.4) is 0 Å². The maximum Gasteiger partial charge on any atom is 0.251 e. The highest BCUT2D eigenvalue weighted by molar-refractivity contribution is 7.89. The van der Waals surface area contributed by atoms with E-state index in [9.17, 15) is 13.2 Å². The molecule has 0 radical (unpaired) electrons. The minimum atomic E-state index is -3.64. The summed E-state index contributed by atoms with van der Waals surface area (Å²) in [6.07, 6.45) is 0.538. The van der Waals surface area contributed by atoms with Crippen LogP contribution in [0, 0.1) is 0 Å². The topological polar surface area (TPSA) is 66.5 Å². The first-order valence-electron chi connectivity index (χ1n) is 8.43. The number of sulfonamides is 1. The van der Waals surface area contributed by atoms with E-state index < -0.39 is 10.0 Å². The fourth-order valence-corrected chi connectivity index (χ4v) is 4.30. The highest BCUT2D eigenvalue weighted by Crippen LogP contribution is 2.21. The molecule has 0 aliphatic rings. The molecule has 2 aromatic carbocycles. The Morgan fingerprint density at radius 2 is 1.85 bits per heavy atom. The van der Waals surface area contributed by atoms with Crippen LogP contribution in [0.4, 0.5) is 0 Å². The van der Waals surface area contributed by atoms with Crippen molar-refractivity contribution < 1.29 is 13.2 Å². The molecule has 1 amide bonds. The van der Waals surface area contributed by atoms with Crippen LogP contribution in [-0.4, -0.2) is 38.3 Å². The van der Waals surface area contributed by atoms with Gasteiger partial charge >= 0.3 is 0 Å². The number of rotatable bonds is 7. The smallest absolute Gasteiger partial charge is 0.251 e. The van der Waals surface area contributed by atoms with Gasteiger partial charge in [-0.2, -0.15) is 4.31 Å². The van der Waals surface area contributed by atoms with E-state index in [1.165, 1.54) is 23.5 Å². The summed E-state index contributed by atoms with van der Waals surface area (Å²) in [5.74, 6) is -0.343. The standard InChI is InChI=1S/C19H22Cl2N2O3S/c1-13(2)23(3)27(25,26)17-6-4-5-15(11-17)19(24)22-10-9-14-7-8-16(20)12-18(14)21/h4-8,11-13H,9-10H2,1-3H3,(H,22,24). The highest BCUT2D eigenvalue weighted by atomic mass is 35.5. The Morgan fingerprint density at radius 1 is 1.15 bits per heavy atom. The summed E-state index contributed by atoms with van der Waals surface area (Å²) in [5, 5.41) is 3.88. The van der Waals surface area contributed by atoms with Gasteiger partial charge in [0.25, 0.3) is 5.91 Å². The lowest BCUT2D eigenvalue weighted by atomic mass is 10.1. The largest absolute Gasteiger partial charge is 0.352 e. The average Bonchev–Trinajstić information content (AvgIpc) is 2.62. The van der Waals surface area contributed by atoms with E-state index in [-0.39, 0.29) is 22.4 Å². The van der Waals surface area contributed by atoms with Gasteiger partial charge in [0.05, 0.1) is 4.90 Å². The van der Waals surface area contributed by atoms with Gasteiger partial charge in [0, 0.05) is 35.2 Å². The average molecular weight is 429 g/mol. The molecule has 2 aromatic rings. The molecule has 0 aliphatic heterocycles. The van der Waals surface area contributed by atoms with Gasteiger partial charge in [-0.15, -0.1) is 0 Å². The molecule has 0 fully saturated rings. The van der Waals surface area contributed by atoms with Crippen molar-refractivity contribution >= 4 is 39.1 Å². The van der Waals surface area contributed by atoms with Crippen molar-refractivity contribution in [3.8, 4) is 0 Å². The Hall–Kier alpha value is -1.60. The van der Waals surface area contributed by atoms with Gasteiger partial charge in [0.15, 0.2) is 0 Å². The van der Waals surface area contributed by atoms with Gasteiger partial charge in [-0.1, -0.05) is 35.3 Å². The SMILES string of the molecule is CC(C)N(C)S(=O)(=O)c1cccc(C(=O)NCCc2ccc(Cl)cc2Cl)c1. The predicted molar refractivity (Wildman–Crippen MR) is 109 cm³/mol. The Kier molecular flexibility index (Phi) is 7.28. The second-order valence-corrected chi connectivity index (χ2v) is 9.23. The number of benzene rings is 2. The molecule has 0 unspecified atom stereocenters. The van der Waals surface area contributed by atoms with Crippen molar-refractivity contribution in [2.24, 2.45) is 0 Å². The third kappa shape index (κ3) is 5.45. The molecule has 0 bridgehead atoms. The van der Waals surface area contributed by atoms with Crippen LogP contribution >= 0.6 is 23.2 Å². The van der Waals surface area contributed by atoms with Crippen LogP contribution in [0.5, 0.6) is 0 Å². The van der Waals surface area contributed by atoms with Crippen LogP contribution in [0.2, 0.25) is 10.0 Å². The molecule has 0 saturated heterocycles. The monoisotopic (exact) mass is 428 g/mol. The van der Waals surface area contributed by atoms with E-state index in [0.717, 1.165) is 5.56 Å². The number of carbonyl (C=O) groups excluding carboxylic acids is 1. The molecule has 2 rings (SSSR count). The second kappa shape index (κ2) is 9.06. The van der Waals surface area contributed by atoms with Gasteiger partial charge in [-0.05, 0) is 56.2 Å². The van der Waals surface area contributed by atoms with Crippen molar-refractivity contribution in [2.75, 3.05) is 13.6 Å². The van der Waals surface area contributed by atoms with Crippen LogP contribution in [-0.2, 0) is 16.4 Å². The molecule has 146 valence electrons. The number of nitrogens with zero attached hydrogens (tertiary/aromatic N) is 1. The molecular formula is C19H22Cl2N2O3S. The van der Waals surface area contributed by atoms with E-state index in [1.807, 2.05) is 6.07 Å². The van der Waals surface area contributed by atoms with Gasteiger partial charge in [0.1, 0.15) is 0 Å². The van der Waals surface area contributed by atoms with Crippen LogP contribution in [0.15, 0.2) is 47.4 Å². The molecule has 5 nitrogen and oxygen atoms in total. The minimum absolute atomic E-state index is 0.0899. The van der Waals surface area contributed by atoms with Crippen LogP contribution in [0.1, 0.15) is 29.8 Å². The zero-order chi connectivity index (χ0) is 20.2. The van der Waals surface area contributed by atoms with Gasteiger partial charge in [0.2, 0.25) is 10.0 Å². The third-order valence-corrected chi connectivity index (χ3v) is 6.81. The maximum absolute atomic E-state index is 12.6. The first-order valence-corrected chi connectivity index (χ1v) is 10.6. The lowest BCUT2D eigenvalue weighted by Crippen LogP contribution is -2.33. The Balaban J connectivity index is 2.07. The summed E-state index contributed by atoms with van der Waals surface area (Å²) >= 11 is 12.0. The number of hydrogen-bond donors (Lipinski definition) is 1. The quantitative estimate of drug-likeness (QED) is 0.724. The fraction of sp³-hybridized carbons (Fsp3) is 0.316. The van der Waals surface area contributed by atoms with Crippen molar-refractivity contribution in [1.82, 2.24) is 9.62 Å². The first kappa shape index (κ1) is 21.7. The van der Waals surface area contributed by atoms with E-state index in [2.05, 4.69) is 5.32 Å². The highest BCUT2D eigenvalue weighted by Gasteiger charge is 2.23. The van der Waals surface area contributed by atoms with Crippen molar-refractivity contribution in [1.29, 1.82) is 0 Å². The molecule has 0 saturated carbocycles. The molecular weight excluding hydrogens is 407 g/mol. The van der Waals surface area contributed by atoms with Crippen molar-refractivity contribution in [2.45, 2.75) is 31.2 Å². The third-order valence-electron chi connectivity index (χ3n) is 4.20. The summed E-state index contributed by atoms with van der Waals surface area (Å²) in [6, 6.07) is 11.0. The molecule has 0 aromatic heterocycles. The predicted octanol–water partition coefficient (Wildman–Crippen LogP) is 3.99. The number of nitrogens with one attached hydrogen (secondary N) is 1. The summed E-state index contributed by atoms with van der Waals surface area (Å²) < 4.78 is 26.4. The van der Waals surface area contributed by atoms with Gasteiger partial charge < -0.3 is 5.32 Å². The number of amides is 1. The van der Waals surface area contributed by atoms with Crippen molar-refractivity contribution in [3.63, 3.8) is 0 Å². The summed E-state index contributed by atoms with van der Waals surface area (Å²) in [7, 11) is -2.13. The van der Waals surface area contributed by atoms with Crippen LogP contribution in [0.25, 0.3) is 0 Å². The zero-order valence-corrected chi connectivity index (χ0v) is 17.7. The Bertz CT molecular complexity index is 930. The molecule has 0 spiro atoms. The van der Waals surface area contributed by atoms with Crippen molar-refractivity contribution in [3.05, 3.63) is 63.6 Å². The number of halogens is 2. The molecule has 0 atom stereocenters. The Morgan fingerprint density at radius 3 is 2.48 bits per heavy atom. The van der Waals surface area contributed by atoms with Crippen LogP contribution < -0.4 is 5.32 Å². The van der Waals surface area contributed by atoms with E-state index in [1.54, 1.807) is 38.1 Å². The lowest BCUT2D eigenvalue weighted by Gasteiger charge is -2.21. The molecule has 0 heterocycles. The van der Waals surface area contributed by atoms with E-state index in [4.69, 9.17) is 23.2 Å². The van der Waals surface area contributed by atoms with E-state index >= 15 is 0 Å². The van der Waals surface area contributed by atoms with E-state index in [0.29, 0.717) is 23.0 Å². The molecule has 27 heavy (non-hydrogen) atoms. The summed E-state index contributed by atoms with van der Waals surface area (Å²) in [5.41, 5.74) is 1.16.